The summed E-state index contributed by atoms with van der Waals surface area (Å²) in [6.45, 7) is 5.77. The van der Waals surface area contributed by atoms with Gasteiger partial charge in [-0.05, 0) is 31.4 Å². The van der Waals surface area contributed by atoms with E-state index in [0.29, 0.717) is 6.54 Å². The number of hydrogen-bond acceptors (Lipinski definition) is 4. The van der Waals surface area contributed by atoms with Crippen molar-refractivity contribution in [2.75, 3.05) is 44.7 Å². The van der Waals surface area contributed by atoms with E-state index in [1.54, 1.807) is 4.68 Å². The first kappa shape index (κ1) is 20.8. The van der Waals surface area contributed by atoms with E-state index in [-0.39, 0.29) is 5.69 Å². The highest BCUT2D eigenvalue weighted by atomic mass is 35.5. The molecule has 2 aliphatic heterocycles. The zero-order valence-corrected chi connectivity index (χ0v) is 18.3. The molecule has 0 radical (unpaired) electrons. The van der Waals surface area contributed by atoms with Crippen molar-refractivity contribution >= 4 is 23.2 Å². The van der Waals surface area contributed by atoms with E-state index in [9.17, 15) is 4.79 Å². The SMILES string of the molecule is CN=C(NCCCn1nc2n(c1=O)CCCC2)N1CCN(c2ccccc2Cl)CC1. The van der Waals surface area contributed by atoms with Crippen LogP contribution in [0.15, 0.2) is 34.1 Å². The molecule has 0 unspecified atom stereocenters. The van der Waals surface area contributed by atoms with E-state index in [2.05, 4.69) is 31.3 Å². The van der Waals surface area contributed by atoms with E-state index in [4.69, 9.17) is 11.6 Å². The van der Waals surface area contributed by atoms with Gasteiger partial charge in [0, 0.05) is 59.3 Å². The van der Waals surface area contributed by atoms with Crippen LogP contribution >= 0.6 is 11.6 Å². The summed E-state index contributed by atoms with van der Waals surface area (Å²) in [5.41, 5.74) is 1.12. The van der Waals surface area contributed by atoms with Crippen molar-refractivity contribution in [3.63, 3.8) is 0 Å². The molecule has 1 N–H and O–H groups in total. The third-order valence-corrected chi connectivity index (χ3v) is 6.17. The standard InChI is InChI=1S/C21H30ClN7O/c1-23-20(27-15-13-26(14-16-27)18-8-3-2-7-17(18)22)24-10-6-12-29-21(30)28-11-5-4-9-19(28)25-29/h2-3,7-8H,4-6,9-16H2,1H3,(H,23,24). The summed E-state index contributed by atoms with van der Waals surface area (Å²) >= 11 is 6.34. The van der Waals surface area contributed by atoms with Gasteiger partial charge >= 0.3 is 5.69 Å². The molecule has 3 heterocycles. The lowest BCUT2D eigenvalue weighted by Crippen LogP contribution is -2.52. The van der Waals surface area contributed by atoms with E-state index in [1.165, 1.54) is 0 Å². The molecular formula is C21H30ClN7O. The molecular weight excluding hydrogens is 402 g/mol. The fraction of sp³-hybridized carbons (Fsp3) is 0.571. The summed E-state index contributed by atoms with van der Waals surface area (Å²) in [4.78, 5) is 21.4. The average Bonchev–Trinajstić information content (AvgIpc) is 3.10. The Labute approximate surface area is 182 Å². The Balaban J connectivity index is 1.24. The second kappa shape index (κ2) is 9.55. The number of guanidine groups is 1. The number of halogens is 1. The van der Waals surface area contributed by atoms with Crippen molar-refractivity contribution in [1.29, 1.82) is 0 Å². The number of aryl methyl sites for hydroxylation is 2. The molecule has 0 atom stereocenters. The van der Waals surface area contributed by atoms with Gasteiger partial charge in [-0.15, -0.1) is 0 Å². The van der Waals surface area contributed by atoms with Crippen LogP contribution in [-0.2, 0) is 19.5 Å². The van der Waals surface area contributed by atoms with Crippen LogP contribution in [0.25, 0.3) is 0 Å². The highest BCUT2D eigenvalue weighted by Crippen LogP contribution is 2.26. The van der Waals surface area contributed by atoms with Crippen LogP contribution in [0, 0.1) is 0 Å². The molecule has 8 nitrogen and oxygen atoms in total. The minimum Gasteiger partial charge on any atom is -0.367 e. The quantitative estimate of drug-likeness (QED) is 0.444. The van der Waals surface area contributed by atoms with Gasteiger partial charge in [0.25, 0.3) is 0 Å². The number of rotatable bonds is 5. The molecule has 1 aromatic heterocycles. The minimum absolute atomic E-state index is 0.0322. The van der Waals surface area contributed by atoms with E-state index in [1.807, 2.05) is 29.8 Å². The molecule has 0 saturated carbocycles. The number of piperazine rings is 1. The molecule has 1 aromatic carbocycles. The monoisotopic (exact) mass is 431 g/mol. The molecule has 1 fully saturated rings. The van der Waals surface area contributed by atoms with Crippen LogP contribution in [0.4, 0.5) is 5.69 Å². The van der Waals surface area contributed by atoms with Crippen LogP contribution < -0.4 is 15.9 Å². The van der Waals surface area contributed by atoms with Crippen molar-refractivity contribution in [2.24, 2.45) is 4.99 Å². The molecule has 4 rings (SSSR count). The summed E-state index contributed by atoms with van der Waals surface area (Å²) in [6.07, 6.45) is 3.93. The first-order chi connectivity index (χ1) is 14.7. The highest BCUT2D eigenvalue weighted by Gasteiger charge is 2.21. The third kappa shape index (κ3) is 4.48. The number of fused-ring (bicyclic) bond motifs is 1. The normalized spacial score (nSPS) is 17.2. The summed E-state index contributed by atoms with van der Waals surface area (Å²) in [7, 11) is 1.82. The second-order valence-corrected chi connectivity index (χ2v) is 8.19. The number of nitrogens with one attached hydrogen (secondary N) is 1. The van der Waals surface area contributed by atoms with Crippen LogP contribution in [-0.4, -0.2) is 65.0 Å². The van der Waals surface area contributed by atoms with Gasteiger partial charge in [0.2, 0.25) is 0 Å². The van der Waals surface area contributed by atoms with E-state index < -0.39 is 0 Å². The predicted molar refractivity (Wildman–Crippen MR) is 121 cm³/mol. The fourth-order valence-electron chi connectivity index (χ4n) is 4.22. The largest absolute Gasteiger partial charge is 0.367 e. The van der Waals surface area contributed by atoms with Crippen LogP contribution in [0.2, 0.25) is 5.02 Å². The Hall–Kier alpha value is -2.48. The lowest BCUT2D eigenvalue weighted by atomic mass is 10.2. The molecule has 0 spiro atoms. The smallest absolute Gasteiger partial charge is 0.345 e. The molecule has 2 aromatic rings. The minimum atomic E-state index is 0.0322. The van der Waals surface area contributed by atoms with Crippen LogP contribution in [0.5, 0.6) is 0 Å². The lowest BCUT2D eigenvalue weighted by molar-refractivity contribution is 0.371. The molecule has 0 amide bonds. The number of hydrogen-bond donors (Lipinski definition) is 1. The zero-order valence-electron chi connectivity index (χ0n) is 17.6. The molecule has 30 heavy (non-hydrogen) atoms. The molecule has 162 valence electrons. The van der Waals surface area contributed by atoms with Gasteiger partial charge in [0.15, 0.2) is 5.96 Å². The first-order valence-electron chi connectivity index (χ1n) is 10.8. The Morgan fingerprint density at radius 2 is 1.97 bits per heavy atom. The van der Waals surface area contributed by atoms with Gasteiger partial charge in [-0.2, -0.15) is 5.10 Å². The van der Waals surface area contributed by atoms with Crippen molar-refractivity contribution in [3.05, 3.63) is 45.6 Å². The van der Waals surface area contributed by atoms with Gasteiger partial charge in [-0.3, -0.25) is 9.56 Å². The maximum absolute atomic E-state index is 12.4. The third-order valence-electron chi connectivity index (χ3n) is 5.85. The molecule has 9 heteroatoms. The van der Waals surface area contributed by atoms with Crippen molar-refractivity contribution < 1.29 is 0 Å². The second-order valence-electron chi connectivity index (χ2n) is 7.78. The molecule has 1 saturated heterocycles. The Kier molecular flexibility index (Phi) is 6.62. The highest BCUT2D eigenvalue weighted by molar-refractivity contribution is 6.33. The Morgan fingerprint density at radius 3 is 2.70 bits per heavy atom. The summed E-state index contributed by atoms with van der Waals surface area (Å²) in [6, 6.07) is 7.99. The predicted octanol–water partition coefficient (Wildman–Crippen LogP) is 1.82. The van der Waals surface area contributed by atoms with Crippen molar-refractivity contribution in [3.8, 4) is 0 Å². The number of aromatic nitrogens is 3. The maximum atomic E-state index is 12.4. The van der Waals surface area contributed by atoms with Gasteiger partial charge < -0.3 is 15.1 Å². The summed E-state index contributed by atoms with van der Waals surface area (Å²) in [5.74, 6) is 1.84. The Morgan fingerprint density at radius 1 is 1.17 bits per heavy atom. The maximum Gasteiger partial charge on any atom is 0.345 e. The zero-order chi connectivity index (χ0) is 20.9. The topological polar surface area (TPSA) is 70.7 Å². The van der Waals surface area contributed by atoms with Gasteiger partial charge in [-0.1, -0.05) is 23.7 Å². The van der Waals surface area contributed by atoms with Gasteiger partial charge in [0.1, 0.15) is 5.82 Å². The van der Waals surface area contributed by atoms with Crippen LogP contribution in [0.1, 0.15) is 25.1 Å². The lowest BCUT2D eigenvalue weighted by Gasteiger charge is -2.38. The van der Waals surface area contributed by atoms with Crippen molar-refractivity contribution in [2.45, 2.75) is 38.8 Å². The van der Waals surface area contributed by atoms with E-state index in [0.717, 1.165) is 87.4 Å². The molecule has 2 aliphatic rings. The van der Waals surface area contributed by atoms with Gasteiger partial charge in [-0.25, -0.2) is 9.48 Å². The number of benzene rings is 1. The number of nitrogens with zero attached hydrogens (tertiary/aromatic N) is 6. The first-order valence-corrected chi connectivity index (χ1v) is 11.2. The Bertz CT molecular complexity index is 943. The van der Waals surface area contributed by atoms with Crippen molar-refractivity contribution in [1.82, 2.24) is 24.6 Å². The van der Waals surface area contributed by atoms with Crippen LogP contribution in [0.3, 0.4) is 0 Å². The molecule has 0 aliphatic carbocycles. The number of aliphatic imine (C=N–C) groups is 1. The van der Waals surface area contributed by atoms with E-state index >= 15 is 0 Å². The number of para-hydroxylation sites is 1. The fourth-order valence-corrected chi connectivity index (χ4v) is 4.48. The number of anilines is 1. The molecule has 0 bridgehead atoms. The summed E-state index contributed by atoms with van der Waals surface area (Å²) in [5, 5.41) is 8.74. The van der Waals surface area contributed by atoms with Gasteiger partial charge in [0.05, 0.1) is 10.7 Å². The summed E-state index contributed by atoms with van der Waals surface area (Å²) < 4.78 is 3.45. The average molecular weight is 432 g/mol.